The Morgan fingerprint density at radius 3 is 2.52 bits per heavy atom. The van der Waals surface area contributed by atoms with Gasteiger partial charge in [-0.1, -0.05) is 6.07 Å². The molecule has 27 heavy (non-hydrogen) atoms. The highest BCUT2D eigenvalue weighted by Crippen LogP contribution is 2.26. The molecule has 7 heteroatoms. The third-order valence-corrected chi connectivity index (χ3v) is 5.67. The van der Waals surface area contributed by atoms with Crippen molar-refractivity contribution in [1.82, 2.24) is 0 Å². The minimum absolute atomic E-state index is 0.0345. The standard InChI is InChI=1S/C20H26N2O4S/c1-15(2)26-20-8-7-19(13-16(20)3)27(23,24)21-17-5-4-6-18(14-17)22-9-11-25-12-10-22/h4-8,13-15,21H,9-12H2,1-3H3. The Balaban J connectivity index is 1.79. The van der Waals surface area contributed by atoms with Crippen molar-refractivity contribution in [2.24, 2.45) is 0 Å². The van der Waals surface area contributed by atoms with Crippen molar-refractivity contribution >= 4 is 21.4 Å². The summed E-state index contributed by atoms with van der Waals surface area (Å²) in [5.41, 5.74) is 2.31. The molecule has 0 unspecified atom stereocenters. The topological polar surface area (TPSA) is 67.9 Å². The molecule has 3 rings (SSSR count). The van der Waals surface area contributed by atoms with Crippen LogP contribution in [-0.4, -0.2) is 40.8 Å². The minimum atomic E-state index is -3.68. The van der Waals surface area contributed by atoms with E-state index in [0.29, 0.717) is 24.7 Å². The van der Waals surface area contributed by atoms with Crippen LogP contribution in [0.2, 0.25) is 0 Å². The summed E-state index contributed by atoms with van der Waals surface area (Å²) in [5.74, 6) is 0.693. The van der Waals surface area contributed by atoms with E-state index in [-0.39, 0.29) is 11.0 Å². The third kappa shape index (κ3) is 4.93. The van der Waals surface area contributed by atoms with Gasteiger partial charge < -0.3 is 14.4 Å². The summed E-state index contributed by atoms with van der Waals surface area (Å²) in [6.45, 7) is 8.68. The number of nitrogens with zero attached hydrogens (tertiary/aromatic N) is 1. The number of sulfonamides is 1. The van der Waals surface area contributed by atoms with Crippen LogP contribution in [0.1, 0.15) is 19.4 Å². The van der Waals surface area contributed by atoms with Gasteiger partial charge in [-0.25, -0.2) is 8.42 Å². The number of morpholine rings is 1. The number of aryl methyl sites for hydroxylation is 1. The lowest BCUT2D eigenvalue weighted by atomic mass is 10.2. The molecule has 146 valence electrons. The third-order valence-electron chi connectivity index (χ3n) is 4.29. The molecule has 6 nitrogen and oxygen atoms in total. The van der Waals surface area contributed by atoms with Gasteiger partial charge in [0.1, 0.15) is 5.75 Å². The normalized spacial score (nSPS) is 15.0. The van der Waals surface area contributed by atoms with E-state index in [4.69, 9.17) is 9.47 Å². The summed E-state index contributed by atoms with van der Waals surface area (Å²) in [5, 5.41) is 0. The summed E-state index contributed by atoms with van der Waals surface area (Å²) < 4.78 is 39.3. The SMILES string of the molecule is Cc1cc(S(=O)(=O)Nc2cccc(N3CCOCC3)c2)ccc1OC(C)C. The van der Waals surface area contributed by atoms with Crippen LogP contribution in [0.25, 0.3) is 0 Å². The number of hydrogen-bond donors (Lipinski definition) is 1. The summed E-state index contributed by atoms with van der Waals surface area (Å²) in [6, 6.07) is 12.3. The molecule has 1 fully saturated rings. The fraction of sp³-hybridized carbons (Fsp3) is 0.400. The average Bonchev–Trinajstić information content (AvgIpc) is 2.63. The Kier molecular flexibility index (Phi) is 5.92. The van der Waals surface area contributed by atoms with E-state index in [1.165, 1.54) is 0 Å². The molecule has 0 saturated carbocycles. The van der Waals surface area contributed by atoms with Gasteiger partial charge in [0.15, 0.2) is 0 Å². The smallest absolute Gasteiger partial charge is 0.261 e. The molecule has 1 N–H and O–H groups in total. The van der Waals surface area contributed by atoms with Crippen molar-refractivity contribution in [2.45, 2.75) is 31.8 Å². The molecule has 1 saturated heterocycles. The zero-order valence-electron chi connectivity index (χ0n) is 15.9. The average molecular weight is 391 g/mol. The second-order valence-corrected chi connectivity index (χ2v) is 8.53. The maximum atomic E-state index is 12.8. The summed E-state index contributed by atoms with van der Waals surface area (Å²) in [6.07, 6.45) is 0.0345. The van der Waals surface area contributed by atoms with Crippen LogP contribution in [0.3, 0.4) is 0 Å². The quantitative estimate of drug-likeness (QED) is 0.819. The predicted octanol–water partition coefficient (Wildman–Crippen LogP) is 3.42. The van der Waals surface area contributed by atoms with Crippen LogP contribution in [0, 0.1) is 6.92 Å². The van der Waals surface area contributed by atoms with Crippen molar-refractivity contribution in [3.8, 4) is 5.75 Å². The molecule has 0 bridgehead atoms. The van der Waals surface area contributed by atoms with E-state index in [2.05, 4.69) is 9.62 Å². The molecule has 0 aromatic heterocycles. The number of nitrogens with one attached hydrogen (secondary N) is 1. The van der Waals surface area contributed by atoms with Crippen LogP contribution in [-0.2, 0) is 14.8 Å². The molecule has 1 aliphatic rings. The van der Waals surface area contributed by atoms with Gasteiger partial charge in [0.25, 0.3) is 10.0 Å². The van der Waals surface area contributed by atoms with E-state index in [0.717, 1.165) is 24.3 Å². The largest absolute Gasteiger partial charge is 0.491 e. The van der Waals surface area contributed by atoms with Crippen LogP contribution in [0.5, 0.6) is 5.75 Å². The molecule has 0 spiro atoms. The maximum Gasteiger partial charge on any atom is 0.261 e. The Hall–Kier alpha value is -2.25. The van der Waals surface area contributed by atoms with E-state index < -0.39 is 10.0 Å². The lowest BCUT2D eigenvalue weighted by Gasteiger charge is -2.29. The number of benzene rings is 2. The summed E-state index contributed by atoms with van der Waals surface area (Å²) in [4.78, 5) is 2.40. The molecule has 0 radical (unpaired) electrons. The Bertz CT molecular complexity index is 891. The second-order valence-electron chi connectivity index (χ2n) is 6.85. The molecule has 1 heterocycles. The molecular weight excluding hydrogens is 364 g/mol. The second kappa shape index (κ2) is 8.19. The highest BCUT2D eigenvalue weighted by molar-refractivity contribution is 7.92. The van der Waals surface area contributed by atoms with Gasteiger partial charge in [0.2, 0.25) is 0 Å². The number of rotatable bonds is 6. The number of anilines is 2. The molecule has 0 amide bonds. The lowest BCUT2D eigenvalue weighted by molar-refractivity contribution is 0.122. The number of hydrogen-bond acceptors (Lipinski definition) is 5. The molecule has 0 atom stereocenters. The fourth-order valence-corrected chi connectivity index (χ4v) is 4.11. The van der Waals surface area contributed by atoms with Gasteiger partial charge in [-0.15, -0.1) is 0 Å². The van der Waals surface area contributed by atoms with Crippen molar-refractivity contribution in [3.05, 3.63) is 48.0 Å². The van der Waals surface area contributed by atoms with Crippen molar-refractivity contribution in [3.63, 3.8) is 0 Å². The monoisotopic (exact) mass is 390 g/mol. The Labute approximate surface area is 161 Å². The van der Waals surface area contributed by atoms with E-state index in [9.17, 15) is 8.42 Å². The maximum absolute atomic E-state index is 12.8. The van der Waals surface area contributed by atoms with E-state index >= 15 is 0 Å². The van der Waals surface area contributed by atoms with Gasteiger partial charge in [-0.05, 0) is 62.7 Å². The Morgan fingerprint density at radius 1 is 1.11 bits per heavy atom. The van der Waals surface area contributed by atoms with Crippen LogP contribution in [0.4, 0.5) is 11.4 Å². The highest BCUT2D eigenvalue weighted by Gasteiger charge is 2.17. The summed E-state index contributed by atoms with van der Waals surface area (Å²) >= 11 is 0. The van der Waals surface area contributed by atoms with Gasteiger partial charge in [0, 0.05) is 18.8 Å². The van der Waals surface area contributed by atoms with Crippen LogP contribution < -0.4 is 14.4 Å². The first-order chi connectivity index (χ1) is 12.8. The first kappa shape index (κ1) is 19.5. The minimum Gasteiger partial charge on any atom is -0.491 e. The molecular formula is C20H26N2O4S. The van der Waals surface area contributed by atoms with Gasteiger partial charge in [-0.3, -0.25) is 4.72 Å². The van der Waals surface area contributed by atoms with Crippen LogP contribution >= 0.6 is 0 Å². The van der Waals surface area contributed by atoms with Crippen molar-refractivity contribution in [2.75, 3.05) is 35.9 Å². The first-order valence-electron chi connectivity index (χ1n) is 9.08. The predicted molar refractivity (Wildman–Crippen MR) is 107 cm³/mol. The molecule has 2 aromatic rings. The van der Waals surface area contributed by atoms with Gasteiger partial charge in [-0.2, -0.15) is 0 Å². The van der Waals surface area contributed by atoms with E-state index in [1.807, 2.05) is 39.0 Å². The van der Waals surface area contributed by atoms with Crippen molar-refractivity contribution in [1.29, 1.82) is 0 Å². The van der Waals surface area contributed by atoms with Gasteiger partial charge in [0.05, 0.1) is 29.9 Å². The zero-order chi connectivity index (χ0) is 19.4. The molecule has 0 aliphatic carbocycles. The van der Waals surface area contributed by atoms with E-state index in [1.54, 1.807) is 24.3 Å². The van der Waals surface area contributed by atoms with Crippen LogP contribution in [0.15, 0.2) is 47.4 Å². The van der Waals surface area contributed by atoms with Gasteiger partial charge >= 0.3 is 0 Å². The highest BCUT2D eigenvalue weighted by atomic mass is 32.2. The molecule has 2 aromatic carbocycles. The first-order valence-corrected chi connectivity index (χ1v) is 10.6. The number of ether oxygens (including phenoxy) is 2. The lowest BCUT2D eigenvalue weighted by Crippen LogP contribution is -2.36. The Morgan fingerprint density at radius 2 is 1.85 bits per heavy atom. The fourth-order valence-electron chi connectivity index (χ4n) is 2.98. The summed E-state index contributed by atoms with van der Waals surface area (Å²) in [7, 11) is -3.68. The molecule has 1 aliphatic heterocycles. The zero-order valence-corrected chi connectivity index (χ0v) is 16.8. The van der Waals surface area contributed by atoms with Crippen molar-refractivity contribution < 1.29 is 17.9 Å².